The smallest absolute Gasteiger partial charge is 0.263 e. The van der Waals surface area contributed by atoms with Crippen LogP contribution < -0.4 is 10.9 Å². The van der Waals surface area contributed by atoms with Gasteiger partial charge >= 0.3 is 0 Å². The average Bonchev–Trinajstić information content (AvgIpc) is 3.08. The Morgan fingerprint density at radius 3 is 2.69 bits per heavy atom. The van der Waals surface area contributed by atoms with Crippen molar-refractivity contribution in [2.75, 3.05) is 20.1 Å². The normalized spacial score (nSPS) is 14.2. The Morgan fingerprint density at radius 1 is 1.38 bits per heavy atom. The SMILES string of the molecule is Cc1ccn(C2CCNCC2)c(=O)c1C(=O)N(C)Cc1cscn1.Cl.Cl. The highest BCUT2D eigenvalue weighted by molar-refractivity contribution is 7.07. The summed E-state index contributed by atoms with van der Waals surface area (Å²) in [7, 11) is 1.71. The molecule has 9 heteroatoms. The van der Waals surface area contributed by atoms with Gasteiger partial charge < -0.3 is 14.8 Å². The van der Waals surface area contributed by atoms with Crippen LogP contribution in [-0.4, -0.2) is 40.5 Å². The number of thiazole rings is 1. The van der Waals surface area contributed by atoms with Gasteiger partial charge in [-0.3, -0.25) is 9.59 Å². The third-order valence-corrected chi connectivity index (χ3v) is 5.11. The molecule has 0 unspecified atom stereocenters. The summed E-state index contributed by atoms with van der Waals surface area (Å²) >= 11 is 1.50. The molecule has 1 fully saturated rings. The molecule has 1 N–H and O–H groups in total. The van der Waals surface area contributed by atoms with Crippen LogP contribution in [0.2, 0.25) is 0 Å². The minimum Gasteiger partial charge on any atom is -0.336 e. The summed E-state index contributed by atoms with van der Waals surface area (Å²) < 4.78 is 1.73. The number of carbonyl (C=O) groups excluding carboxylic acids is 1. The van der Waals surface area contributed by atoms with Gasteiger partial charge in [-0.15, -0.1) is 36.2 Å². The lowest BCUT2D eigenvalue weighted by Gasteiger charge is -2.26. The summed E-state index contributed by atoms with van der Waals surface area (Å²) in [4.78, 5) is 31.5. The van der Waals surface area contributed by atoms with Crippen molar-refractivity contribution in [2.24, 2.45) is 0 Å². The maximum atomic E-state index is 12.9. The second-order valence-corrected chi connectivity index (χ2v) is 6.93. The number of nitrogens with one attached hydrogen (secondary N) is 1. The predicted molar refractivity (Wildman–Crippen MR) is 109 cm³/mol. The molecule has 0 spiro atoms. The van der Waals surface area contributed by atoms with Gasteiger partial charge in [0.25, 0.3) is 11.5 Å². The van der Waals surface area contributed by atoms with Gasteiger partial charge in [-0.2, -0.15) is 0 Å². The first-order chi connectivity index (χ1) is 11.6. The highest BCUT2D eigenvalue weighted by atomic mass is 35.5. The molecule has 3 rings (SSSR count). The van der Waals surface area contributed by atoms with Gasteiger partial charge in [-0.05, 0) is 44.5 Å². The van der Waals surface area contributed by atoms with Crippen LogP contribution in [0, 0.1) is 6.92 Å². The van der Waals surface area contributed by atoms with Crippen molar-refractivity contribution in [1.82, 2.24) is 19.8 Å². The Bertz CT molecular complexity index is 774. The van der Waals surface area contributed by atoms with Gasteiger partial charge in [0.2, 0.25) is 0 Å². The third kappa shape index (κ3) is 4.85. The van der Waals surface area contributed by atoms with E-state index in [1.807, 2.05) is 24.6 Å². The zero-order valence-corrected chi connectivity index (χ0v) is 17.3. The van der Waals surface area contributed by atoms with Crippen molar-refractivity contribution in [3.05, 3.63) is 50.3 Å². The van der Waals surface area contributed by atoms with E-state index >= 15 is 0 Å². The molecule has 1 saturated heterocycles. The van der Waals surface area contributed by atoms with Crippen LogP contribution in [0.3, 0.4) is 0 Å². The highest BCUT2D eigenvalue weighted by Crippen LogP contribution is 2.18. The van der Waals surface area contributed by atoms with E-state index in [2.05, 4.69) is 10.3 Å². The summed E-state index contributed by atoms with van der Waals surface area (Å²) in [6.07, 6.45) is 3.64. The number of aryl methyl sites for hydroxylation is 1. The number of pyridine rings is 1. The fourth-order valence-electron chi connectivity index (χ4n) is 3.09. The second-order valence-electron chi connectivity index (χ2n) is 6.21. The van der Waals surface area contributed by atoms with E-state index in [1.54, 1.807) is 22.0 Å². The van der Waals surface area contributed by atoms with Gasteiger partial charge in [0.1, 0.15) is 5.56 Å². The molecule has 0 saturated carbocycles. The second kappa shape index (κ2) is 10.1. The Hall–Kier alpha value is -1.41. The highest BCUT2D eigenvalue weighted by Gasteiger charge is 2.23. The van der Waals surface area contributed by atoms with E-state index in [0.29, 0.717) is 6.54 Å². The van der Waals surface area contributed by atoms with Crippen LogP contribution in [0.15, 0.2) is 27.9 Å². The summed E-state index contributed by atoms with van der Waals surface area (Å²) in [6, 6.07) is 2.03. The summed E-state index contributed by atoms with van der Waals surface area (Å²) in [5.41, 5.74) is 3.39. The first kappa shape index (κ1) is 22.6. The first-order valence-corrected chi connectivity index (χ1v) is 9.07. The van der Waals surface area contributed by atoms with Crippen LogP contribution in [0.1, 0.15) is 40.5 Å². The van der Waals surface area contributed by atoms with E-state index in [1.165, 1.54) is 11.3 Å². The number of carbonyl (C=O) groups is 1. The predicted octanol–water partition coefficient (Wildman–Crippen LogP) is 2.65. The standard InChI is InChI=1S/C17H22N4O2S.2ClH/c1-12-5-8-21(14-3-6-18-7-4-14)17(23)15(12)16(22)20(2)9-13-10-24-11-19-13;;/h5,8,10-11,14,18H,3-4,6-7,9H2,1-2H3;2*1H. The molecule has 0 aromatic carbocycles. The maximum absolute atomic E-state index is 12.9. The van der Waals surface area contributed by atoms with Crippen LogP contribution in [0.5, 0.6) is 0 Å². The van der Waals surface area contributed by atoms with Gasteiger partial charge in [-0.25, -0.2) is 4.98 Å². The van der Waals surface area contributed by atoms with E-state index in [-0.39, 0.29) is 47.9 Å². The van der Waals surface area contributed by atoms with Crippen molar-refractivity contribution in [2.45, 2.75) is 32.4 Å². The molecule has 6 nitrogen and oxygen atoms in total. The molecular formula is C17H24Cl2N4O2S. The van der Waals surface area contributed by atoms with E-state index in [4.69, 9.17) is 0 Å². The van der Waals surface area contributed by atoms with Crippen molar-refractivity contribution in [1.29, 1.82) is 0 Å². The number of hydrogen-bond acceptors (Lipinski definition) is 5. The van der Waals surface area contributed by atoms with Crippen molar-refractivity contribution in [3.63, 3.8) is 0 Å². The largest absolute Gasteiger partial charge is 0.336 e. The lowest BCUT2D eigenvalue weighted by molar-refractivity contribution is 0.0780. The molecule has 0 aliphatic carbocycles. The maximum Gasteiger partial charge on any atom is 0.263 e. The van der Waals surface area contributed by atoms with Gasteiger partial charge in [0, 0.05) is 24.7 Å². The van der Waals surface area contributed by atoms with E-state index in [0.717, 1.165) is 37.2 Å². The molecule has 144 valence electrons. The molecular weight excluding hydrogens is 395 g/mol. The molecule has 26 heavy (non-hydrogen) atoms. The number of nitrogens with zero attached hydrogens (tertiary/aromatic N) is 3. The van der Waals surface area contributed by atoms with Crippen LogP contribution >= 0.6 is 36.2 Å². The molecule has 3 heterocycles. The number of aromatic nitrogens is 2. The Kier molecular flexibility index (Phi) is 8.76. The molecule has 1 aliphatic rings. The lowest BCUT2D eigenvalue weighted by atomic mass is 10.0. The molecule has 2 aromatic rings. The minimum absolute atomic E-state index is 0. The van der Waals surface area contributed by atoms with Crippen LogP contribution in [-0.2, 0) is 6.54 Å². The Labute approximate surface area is 169 Å². The zero-order valence-electron chi connectivity index (χ0n) is 14.8. The van der Waals surface area contributed by atoms with E-state index in [9.17, 15) is 9.59 Å². The van der Waals surface area contributed by atoms with Gasteiger partial charge in [0.05, 0.1) is 17.7 Å². The number of halogens is 2. The minimum atomic E-state index is -0.242. The van der Waals surface area contributed by atoms with Crippen LogP contribution in [0.4, 0.5) is 0 Å². The fourth-order valence-corrected chi connectivity index (χ4v) is 3.64. The number of hydrogen-bond donors (Lipinski definition) is 1. The van der Waals surface area contributed by atoms with Crippen molar-refractivity contribution < 1.29 is 4.79 Å². The zero-order chi connectivity index (χ0) is 17.1. The molecule has 0 radical (unpaired) electrons. The van der Waals surface area contributed by atoms with E-state index < -0.39 is 0 Å². The van der Waals surface area contributed by atoms with Gasteiger partial charge in [-0.1, -0.05) is 0 Å². The lowest BCUT2D eigenvalue weighted by Crippen LogP contribution is -2.39. The quantitative estimate of drug-likeness (QED) is 0.828. The molecule has 2 aromatic heterocycles. The number of rotatable bonds is 4. The Balaban J connectivity index is 0.00000169. The number of piperidine rings is 1. The Morgan fingerprint density at radius 2 is 2.08 bits per heavy atom. The van der Waals surface area contributed by atoms with Crippen molar-refractivity contribution in [3.8, 4) is 0 Å². The third-order valence-electron chi connectivity index (χ3n) is 4.47. The molecule has 1 amide bonds. The van der Waals surface area contributed by atoms with Crippen molar-refractivity contribution >= 4 is 42.1 Å². The number of amides is 1. The first-order valence-electron chi connectivity index (χ1n) is 8.13. The van der Waals surface area contributed by atoms with Crippen LogP contribution in [0.25, 0.3) is 0 Å². The molecule has 1 aliphatic heterocycles. The molecule has 0 atom stereocenters. The monoisotopic (exact) mass is 418 g/mol. The summed E-state index contributed by atoms with van der Waals surface area (Å²) in [6.45, 7) is 4.03. The molecule has 0 bridgehead atoms. The summed E-state index contributed by atoms with van der Waals surface area (Å²) in [5, 5.41) is 5.21. The van der Waals surface area contributed by atoms with Gasteiger partial charge in [0.15, 0.2) is 0 Å². The fraction of sp³-hybridized carbons (Fsp3) is 0.471. The average molecular weight is 419 g/mol. The summed E-state index contributed by atoms with van der Waals surface area (Å²) in [5.74, 6) is -0.242. The topological polar surface area (TPSA) is 67.2 Å².